The van der Waals surface area contributed by atoms with Gasteiger partial charge in [0.25, 0.3) is 11.8 Å². The van der Waals surface area contributed by atoms with E-state index in [9.17, 15) is 4.79 Å². The minimum absolute atomic E-state index is 0.0279. The van der Waals surface area contributed by atoms with Gasteiger partial charge in [-0.3, -0.25) is 14.8 Å². The first-order chi connectivity index (χ1) is 11.1. The van der Waals surface area contributed by atoms with Crippen molar-refractivity contribution in [3.63, 3.8) is 0 Å². The van der Waals surface area contributed by atoms with Crippen LogP contribution in [0.15, 0.2) is 34.9 Å². The first kappa shape index (κ1) is 15.5. The lowest BCUT2D eigenvalue weighted by Gasteiger charge is -2.03. The quantitative estimate of drug-likeness (QED) is 0.777. The number of nitrogens with zero attached hydrogens (tertiary/aromatic N) is 4. The third kappa shape index (κ3) is 3.20. The zero-order valence-corrected chi connectivity index (χ0v) is 13.5. The van der Waals surface area contributed by atoms with Crippen molar-refractivity contribution in [1.29, 1.82) is 0 Å². The van der Waals surface area contributed by atoms with Gasteiger partial charge in [-0.1, -0.05) is 28.3 Å². The van der Waals surface area contributed by atoms with Crippen LogP contribution in [0.4, 0.5) is 6.01 Å². The summed E-state index contributed by atoms with van der Waals surface area (Å²) in [6.07, 6.45) is 1.55. The highest BCUT2D eigenvalue weighted by atomic mass is 35.5. The zero-order valence-electron chi connectivity index (χ0n) is 12.0. The molecule has 23 heavy (non-hydrogen) atoms. The van der Waals surface area contributed by atoms with Crippen molar-refractivity contribution in [2.75, 3.05) is 5.32 Å². The van der Waals surface area contributed by atoms with Crippen LogP contribution < -0.4 is 5.32 Å². The Labute approximate surface area is 141 Å². The Morgan fingerprint density at radius 3 is 2.87 bits per heavy atom. The predicted molar refractivity (Wildman–Crippen MR) is 85.6 cm³/mol. The maximum Gasteiger partial charge on any atom is 0.322 e. The molecule has 0 aliphatic heterocycles. The summed E-state index contributed by atoms with van der Waals surface area (Å²) in [7, 11) is 0. The van der Waals surface area contributed by atoms with Gasteiger partial charge in [0.05, 0.1) is 10.6 Å². The molecule has 3 rings (SSSR count). The highest BCUT2D eigenvalue weighted by molar-refractivity contribution is 6.36. The summed E-state index contributed by atoms with van der Waals surface area (Å²) in [5.74, 6) is -0.201. The lowest BCUT2D eigenvalue weighted by Crippen LogP contribution is -2.17. The lowest BCUT2D eigenvalue weighted by atomic mass is 10.2. The molecule has 0 radical (unpaired) electrons. The molecule has 2 heterocycles. The topological polar surface area (TPSA) is 85.8 Å². The van der Waals surface area contributed by atoms with Crippen molar-refractivity contribution >= 4 is 35.1 Å². The molecule has 1 N–H and O–H groups in total. The maximum atomic E-state index is 12.2. The minimum atomic E-state index is -0.387. The van der Waals surface area contributed by atoms with E-state index in [2.05, 4.69) is 20.6 Å². The van der Waals surface area contributed by atoms with Gasteiger partial charge < -0.3 is 4.42 Å². The fourth-order valence-corrected chi connectivity index (χ4v) is 2.47. The standard InChI is InChI=1S/C14H11Cl2N5O2/c1-2-21-11(5-6-17-21)12(22)18-14-20-19-13(23-14)9-4-3-8(15)7-10(9)16/h3-7H,2H2,1H3,(H,18,20,22). The van der Waals surface area contributed by atoms with Gasteiger partial charge in [-0.15, -0.1) is 5.10 Å². The van der Waals surface area contributed by atoms with Crippen LogP contribution in [0.3, 0.4) is 0 Å². The summed E-state index contributed by atoms with van der Waals surface area (Å²) in [6.45, 7) is 2.46. The van der Waals surface area contributed by atoms with Gasteiger partial charge in [0.15, 0.2) is 0 Å². The number of amides is 1. The van der Waals surface area contributed by atoms with Crippen LogP contribution >= 0.6 is 23.2 Å². The Kier molecular flexibility index (Phi) is 4.31. The number of nitrogens with one attached hydrogen (secondary N) is 1. The highest BCUT2D eigenvalue weighted by Crippen LogP contribution is 2.30. The van der Waals surface area contributed by atoms with Gasteiger partial charge in [-0.25, -0.2) is 0 Å². The number of benzene rings is 1. The molecule has 0 unspecified atom stereocenters. The molecule has 0 spiro atoms. The normalized spacial score (nSPS) is 10.7. The fraction of sp³-hybridized carbons (Fsp3) is 0.143. The molecule has 7 nitrogen and oxygen atoms in total. The van der Waals surface area contributed by atoms with Crippen LogP contribution in [0.5, 0.6) is 0 Å². The first-order valence-electron chi connectivity index (χ1n) is 6.70. The van der Waals surface area contributed by atoms with Crippen LogP contribution in [0.25, 0.3) is 11.5 Å². The second-order valence-corrected chi connectivity index (χ2v) is 5.37. The van der Waals surface area contributed by atoms with Crippen LogP contribution in [0.1, 0.15) is 17.4 Å². The summed E-state index contributed by atoms with van der Waals surface area (Å²) in [4.78, 5) is 12.2. The summed E-state index contributed by atoms with van der Waals surface area (Å²) in [5.41, 5.74) is 0.930. The maximum absolute atomic E-state index is 12.2. The Morgan fingerprint density at radius 2 is 2.13 bits per heavy atom. The van der Waals surface area contributed by atoms with Gasteiger partial charge in [0, 0.05) is 17.8 Å². The monoisotopic (exact) mass is 351 g/mol. The van der Waals surface area contributed by atoms with Crippen LogP contribution in [0.2, 0.25) is 10.0 Å². The molecule has 9 heteroatoms. The number of carbonyl (C=O) groups is 1. The third-order valence-electron chi connectivity index (χ3n) is 3.06. The Morgan fingerprint density at radius 1 is 1.30 bits per heavy atom. The predicted octanol–water partition coefficient (Wildman–Crippen LogP) is 3.51. The lowest BCUT2D eigenvalue weighted by molar-refractivity contribution is 0.101. The average Bonchev–Trinajstić information content (AvgIpc) is 3.15. The van der Waals surface area contributed by atoms with Crippen molar-refractivity contribution in [3.8, 4) is 11.5 Å². The molecule has 0 fully saturated rings. The first-order valence-corrected chi connectivity index (χ1v) is 7.46. The van der Waals surface area contributed by atoms with Crippen molar-refractivity contribution in [2.24, 2.45) is 0 Å². The van der Waals surface area contributed by atoms with Crippen molar-refractivity contribution in [3.05, 3.63) is 46.2 Å². The Balaban J connectivity index is 1.81. The van der Waals surface area contributed by atoms with E-state index in [0.29, 0.717) is 27.8 Å². The van der Waals surface area contributed by atoms with E-state index in [-0.39, 0.29) is 17.8 Å². The number of halogens is 2. The molecule has 118 valence electrons. The highest BCUT2D eigenvalue weighted by Gasteiger charge is 2.17. The smallest absolute Gasteiger partial charge is 0.322 e. The van der Waals surface area contributed by atoms with Gasteiger partial charge >= 0.3 is 6.01 Å². The molecule has 0 aliphatic rings. The number of anilines is 1. The molecule has 0 saturated carbocycles. The molecule has 1 aromatic carbocycles. The van der Waals surface area contributed by atoms with Crippen molar-refractivity contribution < 1.29 is 9.21 Å². The largest absolute Gasteiger partial charge is 0.403 e. The summed E-state index contributed by atoms with van der Waals surface area (Å²) in [5, 5.41) is 15.1. The molecule has 1 amide bonds. The van der Waals surface area contributed by atoms with Crippen molar-refractivity contribution in [1.82, 2.24) is 20.0 Å². The van der Waals surface area contributed by atoms with Gasteiger partial charge in [0.2, 0.25) is 0 Å². The molecule has 0 bridgehead atoms. The van der Waals surface area contributed by atoms with Crippen molar-refractivity contribution in [2.45, 2.75) is 13.5 Å². The van der Waals surface area contributed by atoms with Crippen LogP contribution in [0, 0.1) is 0 Å². The van der Waals surface area contributed by atoms with E-state index in [1.165, 1.54) is 0 Å². The van der Waals surface area contributed by atoms with Crippen LogP contribution in [-0.4, -0.2) is 25.9 Å². The second kappa shape index (κ2) is 6.39. The fourth-order valence-electron chi connectivity index (χ4n) is 1.98. The second-order valence-electron chi connectivity index (χ2n) is 4.52. The van der Waals surface area contributed by atoms with Crippen LogP contribution in [-0.2, 0) is 6.54 Å². The molecule has 0 atom stereocenters. The summed E-state index contributed by atoms with van der Waals surface area (Å²) < 4.78 is 6.98. The Bertz CT molecular complexity index is 858. The van der Waals surface area contributed by atoms with Gasteiger partial charge in [0.1, 0.15) is 5.69 Å². The number of hydrogen-bond donors (Lipinski definition) is 1. The van der Waals surface area contributed by atoms with E-state index < -0.39 is 0 Å². The van der Waals surface area contributed by atoms with E-state index in [1.54, 1.807) is 35.1 Å². The zero-order chi connectivity index (χ0) is 16.4. The number of carbonyl (C=O) groups excluding carboxylic acids is 1. The number of aryl methyl sites for hydroxylation is 1. The third-order valence-corrected chi connectivity index (χ3v) is 3.60. The van der Waals surface area contributed by atoms with E-state index in [0.717, 1.165) is 0 Å². The van der Waals surface area contributed by atoms with E-state index >= 15 is 0 Å². The minimum Gasteiger partial charge on any atom is -0.403 e. The molecular weight excluding hydrogens is 341 g/mol. The van der Waals surface area contributed by atoms with Gasteiger partial charge in [-0.05, 0) is 31.2 Å². The molecule has 3 aromatic rings. The number of hydrogen-bond acceptors (Lipinski definition) is 5. The molecule has 0 saturated heterocycles. The molecular formula is C14H11Cl2N5O2. The number of aromatic nitrogens is 4. The Hall–Kier alpha value is -2.38. The number of rotatable bonds is 4. The molecule has 2 aromatic heterocycles. The summed E-state index contributed by atoms with van der Waals surface area (Å²) >= 11 is 11.9. The SMILES string of the molecule is CCn1nccc1C(=O)Nc1nnc(-c2ccc(Cl)cc2Cl)o1. The van der Waals surface area contributed by atoms with E-state index in [4.69, 9.17) is 27.6 Å². The molecule has 0 aliphatic carbocycles. The van der Waals surface area contributed by atoms with E-state index in [1.807, 2.05) is 6.92 Å². The average molecular weight is 352 g/mol. The van der Waals surface area contributed by atoms with Gasteiger partial charge in [-0.2, -0.15) is 5.10 Å². The summed E-state index contributed by atoms with van der Waals surface area (Å²) in [6, 6.07) is 6.47.